The number of carbonyl (C=O) groups excluding carboxylic acids is 4. The first-order valence-electron chi connectivity index (χ1n) is 27.6. The van der Waals surface area contributed by atoms with Crippen LogP contribution in [0.25, 0.3) is 10.8 Å². The summed E-state index contributed by atoms with van der Waals surface area (Å²) in [7, 11) is 3.50. The number of amides is 2. The topological polar surface area (TPSA) is 233 Å². The van der Waals surface area contributed by atoms with Crippen molar-refractivity contribution in [3.63, 3.8) is 0 Å². The maximum absolute atomic E-state index is 15.0. The molecule has 422 valence electrons. The quantitative estimate of drug-likeness (QED) is 0.0922. The molecule has 2 amide bonds. The number of esters is 1. The average Bonchev–Trinajstić information content (AvgIpc) is 3.86. The Morgan fingerprint density at radius 2 is 1.54 bits per heavy atom. The molecule has 10 atom stereocenters. The summed E-state index contributed by atoms with van der Waals surface area (Å²) in [5.41, 5.74) is 0.382. The Hall–Kier alpha value is -6.34. The molecule has 6 aliphatic rings. The molecule has 1 spiro atoms. The first kappa shape index (κ1) is 57.8. The molecule has 2 fully saturated rings. The number of ether oxygens (including phenoxy) is 4. The van der Waals surface area contributed by atoms with Gasteiger partial charge in [0.15, 0.2) is 11.4 Å². The molecule has 3 aromatic rings. The summed E-state index contributed by atoms with van der Waals surface area (Å²) in [6, 6.07) is 10.3. The van der Waals surface area contributed by atoms with Crippen molar-refractivity contribution in [1.29, 1.82) is 0 Å². The third-order valence-corrected chi connectivity index (χ3v) is 17.1. The smallest absolute Gasteiger partial charge is 0.318 e. The highest BCUT2D eigenvalue weighted by atomic mass is 16.7. The molecule has 0 aliphatic carbocycles. The van der Waals surface area contributed by atoms with E-state index in [0.717, 1.165) is 12.2 Å². The summed E-state index contributed by atoms with van der Waals surface area (Å²) in [6.07, 6.45) is 5.77. The molecule has 0 radical (unpaired) electrons. The number of carbonyl (C=O) groups is 4. The molecule has 2 saturated heterocycles. The van der Waals surface area contributed by atoms with E-state index in [1.54, 1.807) is 64.7 Å². The Kier molecular flexibility index (Phi) is 17.2. The molecule has 0 saturated carbocycles. The summed E-state index contributed by atoms with van der Waals surface area (Å²) in [5.74, 6) is -8.96. The number of Topliss-reactive ketones (excluding diaryl/α,β-unsaturated/α-hetero) is 1. The van der Waals surface area contributed by atoms with Crippen LogP contribution in [0.2, 0.25) is 0 Å². The summed E-state index contributed by atoms with van der Waals surface area (Å²) in [5, 5.41) is 51.3. The minimum Gasteiger partial charge on any atom is -0.507 e. The fraction of sp³-hybridized carbons (Fsp3) is 0.567. The summed E-state index contributed by atoms with van der Waals surface area (Å²) in [6.45, 7) is 20.5. The summed E-state index contributed by atoms with van der Waals surface area (Å²) >= 11 is 0. The molecule has 6 heterocycles. The number of benzene rings is 3. The van der Waals surface area contributed by atoms with Crippen LogP contribution in [-0.2, 0) is 28.6 Å². The number of aromatic hydroxyl groups is 2. The maximum atomic E-state index is 15.0. The van der Waals surface area contributed by atoms with Gasteiger partial charge >= 0.3 is 11.8 Å². The van der Waals surface area contributed by atoms with E-state index >= 15 is 4.79 Å². The second-order valence-electron chi connectivity index (χ2n) is 23.0. The van der Waals surface area contributed by atoms with Crippen LogP contribution in [0.15, 0.2) is 76.5 Å². The highest BCUT2D eigenvalue weighted by Crippen LogP contribution is 2.50. The van der Waals surface area contributed by atoms with Gasteiger partial charge in [-0.1, -0.05) is 78.0 Å². The van der Waals surface area contributed by atoms with Gasteiger partial charge in [0.05, 0.1) is 40.9 Å². The van der Waals surface area contributed by atoms with Crippen LogP contribution in [0.4, 0.5) is 11.4 Å². The first-order valence-corrected chi connectivity index (χ1v) is 27.6. The lowest BCUT2D eigenvalue weighted by molar-refractivity contribution is -0.171. The zero-order valence-electron chi connectivity index (χ0n) is 47.3. The van der Waals surface area contributed by atoms with Gasteiger partial charge in [0.1, 0.15) is 34.6 Å². The number of aliphatic hydroxyl groups is 2. The lowest BCUT2D eigenvalue weighted by Gasteiger charge is -2.39. The summed E-state index contributed by atoms with van der Waals surface area (Å²) in [4.78, 5) is 74.1. The highest BCUT2D eigenvalue weighted by Gasteiger charge is 2.50. The molecule has 1 unspecified atom stereocenters. The zero-order chi connectivity index (χ0) is 56.7. The van der Waals surface area contributed by atoms with Crippen molar-refractivity contribution in [3.05, 3.63) is 88.3 Å². The second kappa shape index (κ2) is 23.2. The average molecular weight is 1080 g/mol. The molecule has 18 nitrogen and oxygen atoms in total. The number of allylic oxidation sites excluding steroid dienone is 2. The normalized spacial score (nSPS) is 29.9. The summed E-state index contributed by atoms with van der Waals surface area (Å²) < 4.78 is 24.9. The highest BCUT2D eigenvalue weighted by molar-refractivity contribution is 6.19. The van der Waals surface area contributed by atoms with Crippen LogP contribution in [0.5, 0.6) is 17.2 Å². The Labute approximate surface area is 457 Å². The minimum atomic E-state index is -2.03. The standard InChI is InChI=1S/C60H80N6O12/c1-32(2)31-65-28-24-60(25-29-65)62-46-43-44-51(69)38(8)54-45(43)55(71)59(10,78-54)76-30-23-42(75-12)35(5)53(77-58(74)39(9)57(73)66-26-21-41(22-27-66)64(11)40-19-14-13-15-20-40)37(7)50(68)36(6)49(67)33(3)17-16-18-34(4)56(72)61-48(52(44)70)47(46)63-60/h13-20,23,30,32-33,35-37,39,41-42,49-50,53,67-70H,21-22,24-29,31H2,1-12H3,(H,61,72)/b17-16+,30-23+,34-18-/t33-,35+,36+,37+,39?,42-,49-,50+,53+,59-/m0/s1. The number of aliphatic hydroxyl groups excluding tert-OH is 2. The minimum absolute atomic E-state index is 0.00831. The fourth-order valence-corrected chi connectivity index (χ4v) is 12.0. The molecule has 18 heteroatoms. The number of methoxy groups -OCH3 is 1. The predicted molar refractivity (Wildman–Crippen MR) is 296 cm³/mol. The lowest BCUT2D eigenvalue weighted by Crippen LogP contribution is -2.50. The van der Waals surface area contributed by atoms with Gasteiger partial charge in [-0.05, 0) is 57.7 Å². The number of fused-ring (bicyclic) bond motifs is 13. The van der Waals surface area contributed by atoms with Crippen molar-refractivity contribution in [3.8, 4) is 17.2 Å². The van der Waals surface area contributed by atoms with E-state index in [2.05, 4.69) is 41.1 Å². The molecule has 78 heavy (non-hydrogen) atoms. The van der Waals surface area contributed by atoms with Crippen LogP contribution in [-0.4, -0.2) is 143 Å². The van der Waals surface area contributed by atoms with Crippen LogP contribution in [0.1, 0.15) is 104 Å². The van der Waals surface area contributed by atoms with Crippen LogP contribution >= 0.6 is 0 Å². The number of para-hydroxylation sites is 1. The molecule has 0 aromatic heterocycles. The molecule has 3 aromatic carbocycles. The van der Waals surface area contributed by atoms with Crippen molar-refractivity contribution >= 4 is 45.7 Å². The largest absolute Gasteiger partial charge is 0.507 e. The number of hydrogen-bond donors (Lipinski definition) is 5. The van der Waals surface area contributed by atoms with Crippen molar-refractivity contribution < 1.29 is 58.6 Å². The van der Waals surface area contributed by atoms with E-state index in [9.17, 15) is 34.8 Å². The van der Waals surface area contributed by atoms with E-state index in [1.807, 2.05) is 25.2 Å². The van der Waals surface area contributed by atoms with Gasteiger partial charge in [0, 0.05) is 119 Å². The Balaban J connectivity index is 1.14. The number of rotatable bonds is 8. The molecular weight excluding hydrogens is 997 g/mol. The SMILES string of the molecule is CO[C@H]1/C=C/O[C@@]2(C)Oc3c(C)c(O)c4c(O)c(c5c(c4c3C2=O)=NC2(CCN(CC(C)C)CC2)N=5)NC(=O)/C(C)=C\C=C\[C@H](C)[C@H](O)[C@@H](C)[C@@H](O)[C@@H](C)[C@H](OC(=O)C(C)C(=O)N2CCC(N(C)c3ccccc3)CC2)[C@@H]1C. The third kappa shape index (κ3) is 11.1. The van der Waals surface area contributed by atoms with E-state index in [0.29, 0.717) is 57.8 Å². The number of nitrogens with one attached hydrogen (secondary N) is 1. The fourth-order valence-electron chi connectivity index (χ4n) is 12.0. The van der Waals surface area contributed by atoms with Gasteiger partial charge < -0.3 is 59.4 Å². The van der Waals surface area contributed by atoms with Gasteiger partial charge in [0.2, 0.25) is 5.91 Å². The number of phenolic OH excluding ortho intramolecular Hbond substituents is 2. The zero-order valence-corrected chi connectivity index (χ0v) is 47.3. The number of piperidine rings is 2. The number of ketones is 1. The number of nitrogens with zero attached hydrogens (tertiary/aromatic N) is 5. The number of likely N-dealkylation sites (tertiary alicyclic amines) is 2. The maximum Gasteiger partial charge on any atom is 0.318 e. The molecule has 5 bridgehead atoms. The lowest BCUT2D eigenvalue weighted by atomic mass is 9.78. The van der Waals surface area contributed by atoms with Crippen molar-refractivity contribution in [2.45, 2.75) is 137 Å². The van der Waals surface area contributed by atoms with Crippen LogP contribution < -0.4 is 25.7 Å². The third-order valence-electron chi connectivity index (χ3n) is 17.1. The first-order chi connectivity index (χ1) is 36.9. The molecular formula is C60H80N6O12. The Bertz CT molecular complexity index is 3000. The van der Waals surface area contributed by atoms with Crippen molar-refractivity contribution in [2.24, 2.45) is 45.5 Å². The number of hydrogen-bond acceptors (Lipinski definition) is 16. The Morgan fingerprint density at radius 3 is 2.18 bits per heavy atom. The monoisotopic (exact) mass is 1080 g/mol. The van der Waals surface area contributed by atoms with Gasteiger partial charge in [-0.3, -0.25) is 29.2 Å². The van der Waals surface area contributed by atoms with Crippen LogP contribution in [0, 0.1) is 42.4 Å². The number of anilines is 2. The van der Waals surface area contributed by atoms with Gasteiger partial charge in [-0.25, -0.2) is 0 Å². The van der Waals surface area contributed by atoms with E-state index < -0.39 is 94.6 Å². The predicted octanol–water partition coefficient (Wildman–Crippen LogP) is 6.49. The number of phenols is 2. The van der Waals surface area contributed by atoms with Crippen molar-refractivity contribution in [1.82, 2.24) is 9.80 Å². The van der Waals surface area contributed by atoms with Gasteiger partial charge in [-0.2, -0.15) is 0 Å². The van der Waals surface area contributed by atoms with Crippen molar-refractivity contribution in [2.75, 3.05) is 57.1 Å². The van der Waals surface area contributed by atoms with E-state index in [1.165, 1.54) is 33.3 Å². The van der Waals surface area contributed by atoms with Gasteiger partial charge in [-0.15, -0.1) is 0 Å². The van der Waals surface area contributed by atoms with E-state index in [-0.39, 0.29) is 61.6 Å². The molecule has 6 aliphatic heterocycles. The second-order valence-corrected chi connectivity index (χ2v) is 23.0. The molecule has 5 N–H and O–H groups in total. The van der Waals surface area contributed by atoms with E-state index in [4.69, 9.17) is 28.9 Å². The van der Waals surface area contributed by atoms with Crippen LogP contribution in [0.3, 0.4) is 0 Å². The molecule has 9 rings (SSSR count). The Morgan fingerprint density at radius 1 is 0.885 bits per heavy atom. The van der Waals surface area contributed by atoms with Gasteiger partial charge in [0.25, 0.3) is 11.7 Å².